The Hall–Kier alpha value is -0.870. The van der Waals surface area contributed by atoms with E-state index >= 15 is 0 Å². The fourth-order valence-corrected chi connectivity index (χ4v) is 3.78. The quantitative estimate of drug-likeness (QED) is 0.636. The molecule has 2 nitrogen and oxygen atoms in total. The first kappa shape index (κ1) is 18.5. The van der Waals surface area contributed by atoms with Gasteiger partial charge in [-0.1, -0.05) is 53.0 Å². The highest BCUT2D eigenvalue weighted by Crippen LogP contribution is 2.31. The van der Waals surface area contributed by atoms with Gasteiger partial charge in [-0.05, 0) is 43.7 Å². The van der Waals surface area contributed by atoms with Gasteiger partial charge in [-0.2, -0.15) is 0 Å². The summed E-state index contributed by atoms with van der Waals surface area (Å²) >= 11 is 19.6. The number of nitrogens with one attached hydrogen (secondary N) is 1. The van der Waals surface area contributed by atoms with Crippen molar-refractivity contribution >= 4 is 52.5 Å². The van der Waals surface area contributed by atoms with Crippen molar-refractivity contribution in [1.29, 1.82) is 0 Å². The number of carbonyl (C=O) groups is 1. The lowest BCUT2D eigenvalue weighted by Gasteiger charge is -2.19. The molecule has 23 heavy (non-hydrogen) atoms. The summed E-state index contributed by atoms with van der Waals surface area (Å²) in [5.74, 6) is -0.0755. The third kappa shape index (κ3) is 5.05. The molecule has 0 fully saturated rings. The van der Waals surface area contributed by atoms with Gasteiger partial charge in [-0.3, -0.25) is 4.79 Å². The van der Waals surface area contributed by atoms with E-state index in [1.165, 1.54) is 11.8 Å². The molecule has 0 unspecified atom stereocenters. The van der Waals surface area contributed by atoms with E-state index in [2.05, 4.69) is 5.32 Å². The lowest BCUT2D eigenvalue weighted by Crippen LogP contribution is -2.33. The van der Waals surface area contributed by atoms with Crippen LogP contribution in [0.3, 0.4) is 0 Å². The van der Waals surface area contributed by atoms with Crippen molar-refractivity contribution in [2.24, 2.45) is 0 Å². The molecule has 0 spiro atoms. The lowest BCUT2D eigenvalue weighted by atomic mass is 10.1. The van der Waals surface area contributed by atoms with Crippen molar-refractivity contribution in [1.82, 2.24) is 5.32 Å². The van der Waals surface area contributed by atoms with Crippen molar-refractivity contribution < 1.29 is 4.79 Å². The number of rotatable bonds is 5. The molecular weight excluding hydrogens is 373 g/mol. The Kier molecular flexibility index (Phi) is 6.66. The van der Waals surface area contributed by atoms with Crippen LogP contribution in [-0.4, -0.2) is 11.2 Å². The molecule has 0 saturated heterocycles. The minimum atomic E-state index is -0.275. The average molecular weight is 389 g/mol. The van der Waals surface area contributed by atoms with E-state index in [4.69, 9.17) is 34.8 Å². The molecule has 0 aliphatic heterocycles. The number of hydrogen-bond donors (Lipinski definition) is 1. The first-order valence-electron chi connectivity index (χ1n) is 7.05. The molecule has 1 amide bonds. The molecule has 2 aromatic carbocycles. The standard InChI is InChI=1S/C17H16Cl3NOS/c1-10(13-8-7-12(18)9-15(13)20)21-17(22)11(2)23-16-6-4-3-5-14(16)19/h3-11H,1-2H3,(H,21,22)/t10-,11-/m1/s1. The molecule has 0 aliphatic rings. The lowest BCUT2D eigenvalue weighted by molar-refractivity contribution is -0.120. The van der Waals surface area contributed by atoms with Crippen LogP contribution in [0.5, 0.6) is 0 Å². The van der Waals surface area contributed by atoms with Crippen LogP contribution in [0.25, 0.3) is 0 Å². The van der Waals surface area contributed by atoms with Crippen molar-refractivity contribution in [3.8, 4) is 0 Å². The third-order valence-corrected chi connectivity index (χ3v) is 5.48. The van der Waals surface area contributed by atoms with Crippen LogP contribution in [0, 0.1) is 0 Å². The second-order valence-corrected chi connectivity index (χ2v) is 7.72. The van der Waals surface area contributed by atoms with Gasteiger partial charge in [-0.15, -0.1) is 11.8 Å². The SMILES string of the molecule is C[C@@H](Sc1ccccc1Cl)C(=O)N[C@H](C)c1ccc(Cl)cc1Cl. The van der Waals surface area contributed by atoms with Crippen LogP contribution >= 0.6 is 46.6 Å². The van der Waals surface area contributed by atoms with E-state index in [0.29, 0.717) is 15.1 Å². The Morgan fingerprint density at radius 3 is 2.39 bits per heavy atom. The summed E-state index contributed by atoms with van der Waals surface area (Å²) in [5.41, 5.74) is 0.833. The Balaban J connectivity index is 2.01. The van der Waals surface area contributed by atoms with Crippen molar-refractivity contribution in [2.75, 3.05) is 0 Å². The molecule has 0 aliphatic carbocycles. The molecule has 0 heterocycles. The van der Waals surface area contributed by atoms with E-state index in [1.807, 2.05) is 44.2 Å². The monoisotopic (exact) mass is 387 g/mol. The predicted molar refractivity (Wildman–Crippen MR) is 99.8 cm³/mol. The molecule has 1 N–H and O–H groups in total. The van der Waals surface area contributed by atoms with Crippen LogP contribution in [0.4, 0.5) is 0 Å². The Bertz CT molecular complexity index is 708. The molecule has 122 valence electrons. The number of halogens is 3. The minimum Gasteiger partial charge on any atom is -0.349 e. The minimum absolute atomic E-state index is 0.0755. The Labute approximate surface area is 155 Å². The van der Waals surface area contributed by atoms with Crippen molar-refractivity contribution in [3.05, 3.63) is 63.1 Å². The van der Waals surface area contributed by atoms with E-state index in [1.54, 1.807) is 12.1 Å². The fraction of sp³-hybridized carbons (Fsp3) is 0.235. The van der Waals surface area contributed by atoms with Gasteiger partial charge >= 0.3 is 0 Å². The Morgan fingerprint density at radius 2 is 1.74 bits per heavy atom. The molecule has 2 atom stereocenters. The highest BCUT2D eigenvalue weighted by molar-refractivity contribution is 8.00. The van der Waals surface area contributed by atoms with E-state index in [-0.39, 0.29) is 17.2 Å². The zero-order valence-electron chi connectivity index (χ0n) is 12.6. The van der Waals surface area contributed by atoms with E-state index < -0.39 is 0 Å². The number of hydrogen-bond acceptors (Lipinski definition) is 2. The average Bonchev–Trinajstić information content (AvgIpc) is 2.49. The number of thioether (sulfide) groups is 1. The van der Waals surface area contributed by atoms with Gasteiger partial charge in [0.05, 0.1) is 16.3 Å². The summed E-state index contributed by atoms with van der Waals surface area (Å²) in [5, 5.41) is 4.44. The topological polar surface area (TPSA) is 29.1 Å². The van der Waals surface area contributed by atoms with Gasteiger partial charge in [0.25, 0.3) is 0 Å². The van der Waals surface area contributed by atoms with Crippen LogP contribution in [0.2, 0.25) is 15.1 Å². The summed E-state index contributed by atoms with van der Waals surface area (Å²) in [6.45, 7) is 3.74. The van der Waals surface area contributed by atoms with Gasteiger partial charge in [0, 0.05) is 14.9 Å². The zero-order valence-corrected chi connectivity index (χ0v) is 15.7. The molecule has 0 aromatic heterocycles. The summed E-state index contributed by atoms with van der Waals surface area (Å²) in [6, 6.07) is 12.5. The second kappa shape index (κ2) is 8.29. The van der Waals surface area contributed by atoms with Gasteiger partial charge in [-0.25, -0.2) is 0 Å². The molecule has 0 bridgehead atoms. The van der Waals surface area contributed by atoms with E-state index in [0.717, 1.165) is 10.5 Å². The maximum Gasteiger partial charge on any atom is 0.233 e. The van der Waals surface area contributed by atoms with Crippen molar-refractivity contribution in [2.45, 2.75) is 30.0 Å². The smallest absolute Gasteiger partial charge is 0.233 e. The maximum atomic E-state index is 12.4. The third-order valence-electron chi connectivity index (χ3n) is 3.30. The molecule has 0 radical (unpaired) electrons. The highest BCUT2D eigenvalue weighted by atomic mass is 35.5. The highest BCUT2D eigenvalue weighted by Gasteiger charge is 2.19. The van der Waals surface area contributed by atoms with Crippen LogP contribution in [0.1, 0.15) is 25.5 Å². The Morgan fingerprint density at radius 1 is 1.04 bits per heavy atom. The summed E-state index contributed by atoms with van der Waals surface area (Å²) in [4.78, 5) is 13.3. The molecule has 2 rings (SSSR count). The summed E-state index contributed by atoms with van der Waals surface area (Å²) in [6.07, 6.45) is 0. The fourth-order valence-electron chi connectivity index (χ4n) is 2.05. The van der Waals surface area contributed by atoms with Crippen molar-refractivity contribution in [3.63, 3.8) is 0 Å². The number of benzene rings is 2. The first-order valence-corrected chi connectivity index (χ1v) is 9.06. The number of carbonyl (C=O) groups excluding carboxylic acids is 1. The van der Waals surface area contributed by atoms with Gasteiger partial charge in [0.1, 0.15) is 0 Å². The maximum absolute atomic E-state index is 12.4. The van der Waals surface area contributed by atoms with Crippen LogP contribution in [0.15, 0.2) is 47.4 Å². The van der Waals surface area contributed by atoms with Gasteiger partial charge < -0.3 is 5.32 Å². The zero-order chi connectivity index (χ0) is 17.0. The molecular formula is C17H16Cl3NOS. The van der Waals surface area contributed by atoms with Gasteiger partial charge in [0.2, 0.25) is 5.91 Å². The van der Waals surface area contributed by atoms with Gasteiger partial charge in [0.15, 0.2) is 0 Å². The summed E-state index contributed by atoms with van der Waals surface area (Å²) in [7, 11) is 0. The molecule has 6 heteroatoms. The largest absolute Gasteiger partial charge is 0.349 e. The molecule has 2 aromatic rings. The van der Waals surface area contributed by atoms with E-state index in [9.17, 15) is 4.79 Å². The number of amides is 1. The summed E-state index contributed by atoms with van der Waals surface area (Å²) < 4.78 is 0. The van der Waals surface area contributed by atoms with Crippen LogP contribution < -0.4 is 5.32 Å². The molecule has 0 saturated carbocycles. The van der Waals surface area contributed by atoms with Crippen LogP contribution in [-0.2, 0) is 4.79 Å². The first-order chi connectivity index (χ1) is 10.9. The predicted octanol–water partition coefficient (Wildman–Crippen LogP) is 6.00. The normalized spacial score (nSPS) is 13.4. The second-order valence-electron chi connectivity index (χ2n) is 5.09.